The highest BCUT2D eigenvalue weighted by Crippen LogP contribution is 2.50. The van der Waals surface area contributed by atoms with E-state index >= 15 is 0 Å². The fourth-order valence-electron chi connectivity index (χ4n) is 4.47. The Morgan fingerprint density at radius 3 is 2.55 bits per heavy atom. The van der Waals surface area contributed by atoms with Crippen molar-refractivity contribution < 1.29 is 4.74 Å². The summed E-state index contributed by atoms with van der Waals surface area (Å²) in [6, 6.07) is 9.24. The van der Waals surface area contributed by atoms with Crippen molar-refractivity contribution in [3.8, 4) is 5.75 Å². The molecule has 0 aliphatic heterocycles. The second-order valence-electron chi connectivity index (χ2n) is 6.62. The predicted molar refractivity (Wildman–Crippen MR) is 83.1 cm³/mol. The van der Waals surface area contributed by atoms with E-state index in [4.69, 9.17) is 4.74 Å². The maximum Gasteiger partial charge on any atom is 0.118 e. The fourth-order valence-corrected chi connectivity index (χ4v) is 4.47. The highest BCUT2D eigenvalue weighted by Gasteiger charge is 2.42. The molecule has 2 aliphatic rings. The lowest BCUT2D eigenvalue weighted by atomic mass is 9.81. The van der Waals surface area contributed by atoms with Crippen LogP contribution in [0.4, 0.5) is 0 Å². The van der Waals surface area contributed by atoms with Crippen molar-refractivity contribution in [2.45, 2.75) is 44.6 Å². The van der Waals surface area contributed by atoms with Gasteiger partial charge in [-0.25, -0.2) is 0 Å². The molecule has 2 fully saturated rings. The average molecular weight is 273 g/mol. The van der Waals surface area contributed by atoms with Crippen LogP contribution in [0.3, 0.4) is 0 Å². The summed E-state index contributed by atoms with van der Waals surface area (Å²) in [5.41, 5.74) is 1.43. The van der Waals surface area contributed by atoms with Crippen molar-refractivity contribution in [2.75, 3.05) is 14.2 Å². The molecule has 0 aromatic heterocycles. The molecule has 0 spiro atoms. The zero-order valence-corrected chi connectivity index (χ0v) is 12.8. The standard InChI is InChI=1S/C18H27NO/c1-19-18(17-12-14-3-7-15(17)11-14)10-6-13-4-8-16(20-2)9-5-13/h4-5,8-9,14-15,17-19H,3,6-7,10-12H2,1-2H3. The van der Waals surface area contributed by atoms with Crippen LogP contribution in [0.25, 0.3) is 0 Å². The molecule has 0 heterocycles. The number of rotatable bonds is 6. The SMILES string of the molecule is CNC(CCc1ccc(OC)cc1)C1CC2CCC1C2. The summed E-state index contributed by atoms with van der Waals surface area (Å²) < 4.78 is 5.22. The number of fused-ring (bicyclic) bond motifs is 2. The van der Waals surface area contributed by atoms with E-state index in [2.05, 4.69) is 36.6 Å². The van der Waals surface area contributed by atoms with Gasteiger partial charge < -0.3 is 10.1 Å². The van der Waals surface area contributed by atoms with E-state index in [1.165, 1.54) is 44.1 Å². The first-order valence-corrected chi connectivity index (χ1v) is 8.10. The number of benzene rings is 1. The van der Waals surface area contributed by atoms with Crippen molar-refractivity contribution in [3.05, 3.63) is 29.8 Å². The largest absolute Gasteiger partial charge is 0.497 e. The number of hydrogen-bond donors (Lipinski definition) is 1. The minimum atomic E-state index is 0.701. The van der Waals surface area contributed by atoms with E-state index in [1.807, 2.05) is 0 Å². The molecule has 4 atom stereocenters. The Kier molecular flexibility index (Phi) is 4.30. The maximum atomic E-state index is 5.22. The molecular weight excluding hydrogens is 246 g/mol. The summed E-state index contributed by atoms with van der Waals surface area (Å²) >= 11 is 0. The van der Waals surface area contributed by atoms with E-state index in [-0.39, 0.29) is 0 Å². The van der Waals surface area contributed by atoms with Crippen molar-refractivity contribution in [1.82, 2.24) is 5.32 Å². The number of nitrogens with one attached hydrogen (secondary N) is 1. The molecule has 3 rings (SSSR count). The van der Waals surface area contributed by atoms with Crippen LogP contribution in [-0.4, -0.2) is 20.2 Å². The smallest absolute Gasteiger partial charge is 0.118 e. The Balaban J connectivity index is 1.55. The zero-order valence-electron chi connectivity index (χ0n) is 12.8. The van der Waals surface area contributed by atoms with Crippen molar-refractivity contribution in [3.63, 3.8) is 0 Å². The lowest BCUT2D eigenvalue weighted by Crippen LogP contribution is -2.36. The normalized spacial score (nSPS) is 29.6. The van der Waals surface area contributed by atoms with Crippen LogP contribution in [0.15, 0.2) is 24.3 Å². The Hall–Kier alpha value is -1.02. The van der Waals surface area contributed by atoms with Gasteiger partial charge in [-0.05, 0) is 74.6 Å². The van der Waals surface area contributed by atoms with Gasteiger partial charge in [0.2, 0.25) is 0 Å². The predicted octanol–water partition coefficient (Wildman–Crippen LogP) is 3.65. The molecule has 0 saturated heterocycles. The van der Waals surface area contributed by atoms with Crippen LogP contribution in [0, 0.1) is 17.8 Å². The van der Waals surface area contributed by atoms with Crippen LogP contribution in [0.5, 0.6) is 5.75 Å². The van der Waals surface area contributed by atoms with Crippen LogP contribution in [-0.2, 0) is 6.42 Å². The van der Waals surface area contributed by atoms with Crippen LogP contribution in [0.2, 0.25) is 0 Å². The third kappa shape index (κ3) is 2.85. The number of aryl methyl sites for hydroxylation is 1. The summed E-state index contributed by atoms with van der Waals surface area (Å²) in [5, 5.41) is 3.60. The minimum absolute atomic E-state index is 0.701. The second kappa shape index (κ2) is 6.17. The molecule has 0 radical (unpaired) electrons. The highest BCUT2D eigenvalue weighted by atomic mass is 16.5. The summed E-state index contributed by atoms with van der Waals surface area (Å²) in [6.07, 6.45) is 8.39. The molecule has 1 N–H and O–H groups in total. The molecule has 1 aromatic rings. The molecule has 0 amide bonds. The fraction of sp³-hybridized carbons (Fsp3) is 0.667. The van der Waals surface area contributed by atoms with Gasteiger partial charge in [0.05, 0.1) is 7.11 Å². The molecule has 2 nitrogen and oxygen atoms in total. The van der Waals surface area contributed by atoms with Gasteiger partial charge in [-0.1, -0.05) is 18.6 Å². The summed E-state index contributed by atoms with van der Waals surface area (Å²) in [4.78, 5) is 0. The third-order valence-electron chi connectivity index (χ3n) is 5.58. The van der Waals surface area contributed by atoms with Crippen molar-refractivity contribution in [1.29, 1.82) is 0 Å². The Morgan fingerprint density at radius 1 is 1.20 bits per heavy atom. The minimum Gasteiger partial charge on any atom is -0.497 e. The van der Waals surface area contributed by atoms with Gasteiger partial charge >= 0.3 is 0 Å². The maximum absolute atomic E-state index is 5.22. The first-order valence-electron chi connectivity index (χ1n) is 8.10. The molecule has 1 aromatic carbocycles. The van der Waals surface area contributed by atoms with E-state index < -0.39 is 0 Å². The number of ether oxygens (including phenoxy) is 1. The average Bonchev–Trinajstić information content (AvgIpc) is 3.11. The second-order valence-corrected chi connectivity index (χ2v) is 6.62. The summed E-state index contributed by atoms with van der Waals surface area (Å²) in [7, 11) is 3.87. The lowest BCUT2D eigenvalue weighted by Gasteiger charge is -2.30. The van der Waals surface area contributed by atoms with E-state index in [1.54, 1.807) is 7.11 Å². The molecule has 4 unspecified atom stereocenters. The third-order valence-corrected chi connectivity index (χ3v) is 5.58. The van der Waals surface area contributed by atoms with Crippen LogP contribution < -0.4 is 10.1 Å². The van der Waals surface area contributed by atoms with Crippen molar-refractivity contribution in [2.24, 2.45) is 17.8 Å². The highest BCUT2D eigenvalue weighted by molar-refractivity contribution is 5.27. The molecule has 110 valence electrons. The topological polar surface area (TPSA) is 21.3 Å². The Morgan fingerprint density at radius 2 is 2.00 bits per heavy atom. The van der Waals surface area contributed by atoms with E-state index in [0.29, 0.717) is 6.04 Å². The Labute approximate surface area is 122 Å². The number of hydrogen-bond acceptors (Lipinski definition) is 2. The van der Waals surface area contributed by atoms with Gasteiger partial charge in [-0.2, -0.15) is 0 Å². The zero-order chi connectivity index (χ0) is 13.9. The molecule has 2 bridgehead atoms. The van der Waals surface area contributed by atoms with Crippen LogP contribution >= 0.6 is 0 Å². The van der Waals surface area contributed by atoms with E-state index in [0.717, 1.165) is 23.5 Å². The van der Waals surface area contributed by atoms with Crippen molar-refractivity contribution >= 4 is 0 Å². The van der Waals surface area contributed by atoms with E-state index in [9.17, 15) is 0 Å². The number of methoxy groups -OCH3 is 1. The van der Waals surface area contributed by atoms with Gasteiger partial charge in [-0.15, -0.1) is 0 Å². The molecule has 2 aliphatic carbocycles. The Bertz CT molecular complexity index is 428. The molecule has 2 saturated carbocycles. The quantitative estimate of drug-likeness (QED) is 0.854. The molecule has 2 heteroatoms. The molecular formula is C18H27NO. The van der Waals surface area contributed by atoms with Gasteiger partial charge in [0.25, 0.3) is 0 Å². The lowest BCUT2D eigenvalue weighted by molar-refractivity contribution is 0.247. The first kappa shape index (κ1) is 13.9. The van der Waals surface area contributed by atoms with Gasteiger partial charge in [0.15, 0.2) is 0 Å². The van der Waals surface area contributed by atoms with Gasteiger partial charge in [0.1, 0.15) is 5.75 Å². The van der Waals surface area contributed by atoms with Gasteiger partial charge in [-0.3, -0.25) is 0 Å². The summed E-state index contributed by atoms with van der Waals surface area (Å²) in [5.74, 6) is 3.93. The summed E-state index contributed by atoms with van der Waals surface area (Å²) in [6.45, 7) is 0. The van der Waals surface area contributed by atoms with Gasteiger partial charge in [0, 0.05) is 6.04 Å². The monoisotopic (exact) mass is 273 g/mol. The molecule has 20 heavy (non-hydrogen) atoms. The first-order chi connectivity index (χ1) is 9.80. The van der Waals surface area contributed by atoms with Crippen LogP contribution in [0.1, 0.15) is 37.7 Å².